The maximum Gasteiger partial charge on any atom is 0.109 e. The molecular weight excluding hydrogens is 220 g/mol. The van der Waals surface area contributed by atoms with Gasteiger partial charge in [-0.05, 0) is 40.0 Å². The first-order valence-electron chi connectivity index (χ1n) is 6.46. The Kier molecular flexibility index (Phi) is 4.38. The Labute approximate surface area is 103 Å². The normalized spacial score (nSPS) is 39.4. The second kappa shape index (κ2) is 5.63. The van der Waals surface area contributed by atoms with Crippen LogP contribution in [0.4, 0.5) is 0 Å². The average Bonchev–Trinajstić information content (AvgIpc) is 2.85. The third kappa shape index (κ3) is 2.80. The fourth-order valence-corrected chi connectivity index (χ4v) is 2.98. The van der Waals surface area contributed by atoms with Gasteiger partial charge in [0, 0.05) is 6.54 Å². The van der Waals surface area contributed by atoms with Gasteiger partial charge >= 0.3 is 0 Å². The van der Waals surface area contributed by atoms with Crippen molar-refractivity contribution >= 4 is 0 Å². The van der Waals surface area contributed by atoms with Crippen molar-refractivity contribution in [2.24, 2.45) is 0 Å². The van der Waals surface area contributed by atoms with E-state index < -0.39 is 12.2 Å². The highest BCUT2D eigenvalue weighted by atomic mass is 16.5. The Morgan fingerprint density at radius 3 is 2.41 bits per heavy atom. The van der Waals surface area contributed by atoms with Crippen molar-refractivity contribution < 1.29 is 14.9 Å². The Morgan fingerprint density at radius 1 is 1.24 bits per heavy atom. The van der Waals surface area contributed by atoms with Gasteiger partial charge in [0.25, 0.3) is 0 Å². The molecule has 0 bridgehead atoms. The minimum absolute atomic E-state index is 0.00440. The van der Waals surface area contributed by atoms with Crippen molar-refractivity contribution in [3.05, 3.63) is 0 Å². The molecule has 2 N–H and O–H groups in total. The molecule has 0 aromatic rings. The number of aliphatic hydroxyl groups is 2. The SMILES string of the molecule is CN(C)C[C@H]1O[C@@H](CO)[C@@H](O)[C@H]1N1CCCC1. The van der Waals surface area contributed by atoms with Gasteiger partial charge in [-0.15, -0.1) is 0 Å². The van der Waals surface area contributed by atoms with E-state index in [0.29, 0.717) is 0 Å². The standard InChI is InChI=1S/C12H24N2O3/c1-13(2)7-9-11(14-5-3-4-6-14)12(16)10(8-15)17-9/h9-12,15-16H,3-8H2,1-2H3/t9-,10+,11+,12-/m1/s1. The molecule has 2 saturated heterocycles. The lowest BCUT2D eigenvalue weighted by molar-refractivity contribution is -0.0273. The minimum atomic E-state index is -0.567. The summed E-state index contributed by atoms with van der Waals surface area (Å²) < 4.78 is 5.78. The summed E-state index contributed by atoms with van der Waals surface area (Å²) in [6, 6.07) is 0.0389. The molecule has 2 aliphatic rings. The number of rotatable bonds is 4. The van der Waals surface area contributed by atoms with Crippen LogP contribution in [0.15, 0.2) is 0 Å². The van der Waals surface area contributed by atoms with E-state index in [1.807, 2.05) is 14.1 Å². The first-order chi connectivity index (χ1) is 8.13. The summed E-state index contributed by atoms with van der Waals surface area (Å²) in [6.45, 7) is 2.75. The van der Waals surface area contributed by atoms with Crippen LogP contribution >= 0.6 is 0 Å². The molecule has 0 amide bonds. The Morgan fingerprint density at radius 2 is 1.88 bits per heavy atom. The fraction of sp³-hybridized carbons (Fsp3) is 1.00. The van der Waals surface area contributed by atoms with E-state index in [0.717, 1.165) is 19.6 Å². The van der Waals surface area contributed by atoms with Gasteiger partial charge in [-0.2, -0.15) is 0 Å². The lowest BCUT2D eigenvalue weighted by Crippen LogP contribution is -2.49. The number of hydrogen-bond acceptors (Lipinski definition) is 5. The van der Waals surface area contributed by atoms with E-state index in [9.17, 15) is 10.2 Å². The number of hydrogen-bond donors (Lipinski definition) is 2. The van der Waals surface area contributed by atoms with Gasteiger partial charge < -0.3 is 19.8 Å². The van der Waals surface area contributed by atoms with Crippen molar-refractivity contribution in [3.63, 3.8) is 0 Å². The van der Waals surface area contributed by atoms with Gasteiger partial charge in [0.1, 0.15) is 12.2 Å². The lowest BCUT2D eigenvalue weighted by Gasteiger charge is -2.31. The first-order valence-corrected chi connectivity index (χ1v) is 6.46. The summed E-state index contributed by atoms with van der Waals surface area (Å²) >= 11 is 0. The zero-order valence-corrected chi connectivity index (χ0v) is 10.7. The molecule has 2 fully saturated rings. The van der Waals surface area contributed by atoms with Crippen molar-refractivity contribution in [2.75, 3.05) is 40.3 Å². The minimum Gasteiger partial charge on any atom is -0.394 e. The third-order valence-electron chi connectivity index (χ3n) is 3.75. The van der Waals surface area contributed by atoms with Crippen LogP contribution in [0.5, 0.6) is 0 Å². The molecule has 5 heteroatoms. The summed E-state index contributed by atoms with van der Waals surface area (Å²) in [4.78, 5) is 4.38. The largest absolute Gasteiger partial charge is 0.394 e. The molecule has 0 radical (unpaired) electrons. The van der Waals surface area contributed by atoms with E-state index in [1.165, 1.54) is 12.8 Å². The highest BCUT2D eigenvalue weighted by Gasteiger charge is 2.46. The molecule has 0 saturated carbocycles. The Hall–Kier alpha value is -0.200. The van der Waals surface area contributed by atoms with Crippen molar-refractivity contribution in [3.8, 4) is 0 Å². The molecule has 17 heavy (non-hydrogen) atoms. The van der Waals surface area contributed by atoms with Gasteiger partial charge in [-0.3, -0.25) is 4.90 Å². The van der Waals surface area contributed by atoms with Crippen LogP contribution in [0.25, 0.3) is 0 Å². The molecule has 5 nitrogen and oxygen atoms in total. The van der Waals surface area contributed by atoms with Crippen LogP contribution < -0.4 is 0 Å². The van der Waals surface area contributed by atoms with E-state index in [2.05, 4.69) is 9.80 Å². The van der Waals surface area contributed by atoms with Gasteiger partial charge in [-0.25, -0.2) is 0 Å². The summed E-state index contributed by atoms with van der Waals surface area (Å²) in [7, 11) is 4.01. The number of ether oxygens (including phenoxy) is 1. The van der Waals surface area contributed by atoms with E-state index in [1.54, 1.807) is 0 Å². The van der Waals surface area contributed by atoms with Crippen LogP contribution in [-0.2, 0) is 4.74 Å². The monoisotopic (exact) mass is 244 g/mol. The van der Waals surface area contributed by atoms with Crippen molar-refractivity contribution in [1.29, 1.82) is 0 Å². The average molecular weight is 244 g/mol. The summed E-state index contributed by atoms with van der Waals surface area (Å²) in [5.74, 6) is 0. The summed E-state index contributed by atoms with van der Waals surface area (Å²) in [5, 5.41) is 19.5. The number of nitrogens with zero attached hydrogens (tertiary/aromatic N) is 2. The Balaban J connectivity index is 2.06. The molecule has 2 heterocycles. The predicted molar refractivity (Wildman–Crippen MR) is 64.9 cm³/mol. The van der Waals surface area contributed by atoms with E-state index >= 15 is 0 Å². The Bertz CT molecular complexity index is 244. The van der Waals surface area contributed by atoms with Gasteiger partial charge in [0.2, 0.25) is 0 Å². The van der Waals surface area contributed by atoms with Crippen LogP contribution in [0.1, 0.15) is 12.8 Å². The molecule has 0 aromatic heterocycles. The highest BCUT2D eigenvalue weighted by Crippen LogP contribution is 2.28. The van der Waals surface area contributed by atoms with Gasteiger partial charge in [0.05, 0.1) is 18.8 Å². The lowest BCUT2D eigenvalue weighted by atomic mass is 10.0. The van der Waals surface area contributed by atoms with Crippen LogP contribution in [0.2, 0.25) is 0 Å². The topological polar surface area (TPSA) is 56.2 Å². The number of likely N-dealkylation sites (N-methyl/N-ethyl adjacent to an activating group) is 1. The van der Waals surface area contributed by atoms with Crippen molar-refractivity contribution in [1.82, 2.24) is 9.80 Å². The maximum atomic E-state index is 10.2. The predicted octanol–water partition coefficient (Wildman–Crippen LogP) is -0.867. The fourth-order valence-electron chi connectivity index (χ4n) is 2.98. The summed E-state index contributed by atoms with van der Waals surface area (Å²) in [5.41, 5.74) is 0. The molecule has 100 valence electrons. The second-order valence-electron chi connectivity index (χ2n) is 5.38. The zero-order chi connectivity index (χ0) is 12.4. The molecule has 0 unspecified atom stereocenters. The number of aliphatic hydroxyl groups excluding tert-OH is 2. The zero-order valence-electron chi connectivity index (χ0n) is 10.7. The first kappa shape index (κ1) is 13.2. The molecule has 0 aromatic carbocycles. The molecule has 2 rings (SSSR count). The van der Waals surface area contributed by atoms with E-state index in [4.69, 9.17) is 4.74 Å². The van der Waals surface area contributed by atoms with Gasteiger partial charge in [0.15, 0.2) is 0 Å². The van der Waals surface area contributed by atoms with Crippen LogP contribution in [-0.4, -0.2) is 84.7 Å². The van der Waals surface area contributed by atoms with Crippen molar-refractivity contribution in [2.45, 2.75) is 37.2 Å². The van der Waals surface area contributed by atoms with Crippen LogP contribution in [0.3, 0.4) is 0 Å². The molecule has 4 atom stereocenters. The maximum absolute atomic E-state index is 10.2. The third-order valence-corrected chi connectivity index (χ3v) is 3.75. The molecule has 0 spiro atoms. The molecule has 2 aliphatic heterocycles. The quantitative estimate of drug-likeness (QED) is 0.673. The van der Waals surface area contributed by atoms with Gasteiger partial charge in [-0.1, -0.05) is 0 Å². The summed E-state index contributed by atoms with van der Waals surface area (Å²) in [6.07, 6.45) is 1.40. The van der Waals surface area contributed by atoms with Crippen LogP contribution in [0, 0.1) is 0 Å². The number of likely N-dealkylation sites (tertiary alicyclic amines) is 1. The highest BCUT2D eigenvalue weighted by molar-refractivity contribution is 4.98. The smallest absolute Gasteiger partial charge is 0.109 e. The van der Waals surface area contributed by atoms with E-state index in [-0.39, 0.29) is 18.8 Å². The second-order valence-corrected chi connectivity index (χ2v) is 5.38. The molecule has 0 aliphatic carbocycles. The molecular formula is C12H24N2O3.